The maximum Gasteiger partial charge on any atom is 0.253 e. The predicted octanol–water partition coefficient (Wildman–Crippen LogP) is 4.23. The molecule has 3 aromatic rings. The Hall–Kier alpha value is -3.22. The van der Waals surface area contributed by atoms with Crippen molar-refractivity contribution in [3.8, 4) is 0 Å². The maximum atomic E-state index is 12.4. The van der Waals surface area contributed by atoms with Gasteiger partial charge in [-0.25, -0.2) is 4.98 Å². The Bertz CT molecular complexity index is 977. The van der Waals surface area contributed by atoms with E-state index in [0.29, 0.717) is 23.6 Å². The maximum absolute atomic E-state index is 12.4. The van der Waals surface area contributed by atoms with Crippen molar-refractivity contribution in [2.45, 2.75) is 27.2 Å². The van der Waals surface area contributed by atoms with Crippen LogP contribution in [0.15, 0.2) is 42.0 Å². The smallest absolute Gasteiger partial charge is 0.253 e. The van der Waals surface area contributed by atoms with Crippen molar-refractivity contribution in [2.24, 2.45) is 5.18 Å². The lowest BCUT2D eigenvalue weighted by Gasteiger charge is -2.11. The molecule has 1 aromatic carbocycles. The first-order valence-electron chi connectivity index (χ1n) is 8.50. The molecule has 0 aliphatic heterocycles. The summed E-state index contributed by atoms with van der Waals surface area (Å²) in [5.74, 6) is 0.521. The molecule has 7 heteroatoms. The summed E-state index contributed by atoms with van der Waals surface area (Å²) in [7, 11) is 0. The molecule has 3 rings (SSSR count). The SMILES string of the molecule is CCCNC(=O)c1cn2ccnc(Nc3cc(N=O)ccc3C)c2c1C. The molecule has 0 spiro atoms. The monoisotopic (exact) mass is 351 g/mol. The van der Waals surface area contributed by atoms with Crippen molar-refractivity contribution in [1.82, 2.24) is 14.7 Å². The number of hydrogen-bond donors (Lipinski definition) is 2. The second kappa shape index (κ2) is 7.35. The standard InChI is InChI=1S/C19H21N5O2/c1-4-7-21-19(25)15-11-24-9-8-20-18(17(24)13(15)3)22-16-10-14(23-26)6-5-12(16)2/h5-6,8-11H,4,7H2,1-3H3,(H,20,22)(H,21,25). The van der Waals surface area contributed by atoms with Crippen LogP contribution in [0.2, 0.25) is 0 Å². The summed E-state index contributed by atoms with van der Waals surface area (Å²) in [5.41, 5.74) is 4.34. The Labute approximate surface area is 151 Å². The van der Waals surface area contributed by atoms with Crippen molar-refractivity contribution in [1.29, 1.82) is 0 Å². The number of anilines is 2. The van der Waals surface area contributed by atoms with Gasteiger partial charge in [-0.1, -0.05) is 13.0 Å². The van der Waals surface area contributed by atoms with Gasteiger partial charge in [-0.3, -0.25) is 4.79 Å². The third-order valence-corrected chi connectivity index (χ3v) is 4.30. The fourth-order valence-corrected chi connectivity index (χ4v) is 2.86. The average Bonchev–Trinajstić information content (AvgIpc) is 2.99. The number of benzene rings is 1. The molecule has 0 aliphatic carbocycles. The van der Waals surface area contributed by atoms with Crippen LogP contribution < -0.4 is 10.6 Å². The van der Waals surface area contributed by atoms with E-state index < -0.39 is 0 Å². The molecule has 0 atom stereocenters. The van der Waals surface area contributed by atoms with E-state index in [4.69, 9.17) is 0 Å². The molecule has 7 nitrogen and oxygen atoms in total. The first-order chi connectivity index (χ1) is 12.5. The number of aryl methyl sites for hydroxylation is 2. The number of nitrogens with one attached hydrogen (secondary N) is 2. The molecular weight excluding hydrogens is 330 g/mol. The van der Waals surface area contributed by atoms with E-state index in [0.717, 1.165) is 28.8 Å². The molecule has 1 amide bonds. The van der Waals surface area contributed by atoms with Gasteiger partial charge in [-0.05, 0) is 48.7 Å². The van der Waals surface area contributed by atoms with Crippen molar-refractivity contribution < 1.29 is 4.79 Å². The molecule has 0 unspecified atom stereocenters. The lowest BCUT2D eigenvalue weighted by molar-refractivity contribution is 0.0953. The highest BCUT2D eigenvalue weighted by molar-refractivity contribution is 5.99. The van der Waals surface area contributed by atoms with Crippen LogP contribution >= 0.6 is 0 Å². The van der Waals surface area contributed by atoms with Crippen LogP contribution in [-0.4, -0.2) is 21.8 Å². The van der Waals surface area contributed by atoms with Gasteiger partial charge >= 0.3 is 0 Å². The number of carbonyl (C=O) groups is 1. The average molecular weight is 351 g/mol. The largest absolute Gasteiger partial charge is 0.352 e. The summed E-state index contributed by atoms with van der Waals surface area (Å²) in [6.45, 7) is 6.49. The second-order valence-corrected chi connectivity index (χ2v) is 6.17. The number of aromatic nitrogens is 2. The zero-order valence-corrected chi connectivity index (χ0v) is 15.0. The highest BCUT2D eigenvalue weighted by Gasteiger charge is 2.17. The third-order valence-electron chi connectivity index (χ3n) is 4.30. The molecule has 0 saturated carbocycles. The van der Waals surface area contributed by atoms with E-state index in [9.17, 15) is 9.70 Å². The molecule has 0 radical (unpaired) electrons. The molecule has 134 valence electrons. The Morgan fingerprint density at radius 1 is 1.31 bits per heavy atom. The molecule has 2 aromatic heterocycles. The minimum absolute atomic E-state index is 0.0951. The fraction of sp³-hybridized carbons (Fsp3) is 0.263. The summed E-state index contributed by atoms with van der Waals surface area (Å²) in [6, 6.07) is 5.18. The van der Waals surface area contributed by atoms with Crippen LogP contribution in [0.3, 0.4) is 0 Å². The van der Waals surface area contributed by atoms with E-state index in [2.05, 4.69) is 20.8 Å². The van der Waals surface area contributed by atoms with Gasteiger partial charge in [0, 0.05) is 30.8 Å². The van der Waals surface area contributed by atoms with Crippen LogP contribution in [0.5, 0.6) is 0 Å². The van der Waals surface area contributed by atoms with Crippen molar-refractivity contribution in [2.75, 3.05) is 11.9 Å². The van der Waals surface area contributed by atoms with Gasteiger partial charge in [0.1, 0.15) is 5.69 Å². The Morgan fingerprint density at radius 2 is 2.12 bits per heavy atom. The van der Waals surface area contributed by atoms with Crippen LogP contribution in [0.1, 0.15) is 34.8 Å². The number of nitrogens with zero attached hydrogens (tertiary/aromatic N) is 3. The van der Waals surface area contributed by atoms with E-state index in [1.165, 1.54) is 0 Å². The number of amides is 1. The van der Waals surface area contributed by atoms with Crippen LogP contribution in [0.4, 0.5) is 17.2 Å². The lowest BCUT2D eigenvalue weighted by Crippen LogP contribution is -2.24. The zero-order chi connectivity index (χ0) is 18.7. The summed E-state index contributed by atoms with van der Waals surface area (Å²) in [4.78, 5) is 27.6. The first-order valence-corrected chi connectivity index (χ1v) is 8.50. The van der Waals surface area contributed by atoms with E-state index >= 15 is 0 Å². The fourth-order valence-electron chi connectivity index (χ4n) is 2.86. The predicted molar refractivity (Wildman–Crippen MR) is 102 cm³/mol. The minimum atomic E-state index is -0.0951. The van der Waals surface area contributed by atoms with Gasteiger partial charge in [-0.2, -0.15) is 0 Å². The number of carbonyl (C=O) groups excluding carboxylic acids is 1. The van der Waals surface area contributed by atoms with E-state index in [1.54, 1.807) is 30.7 Å². The van der Waals surface area contributed by atoms with Gasteiger partial charge in [0.25, 0.3) is 5.91 Å². The Kier molecular flexibility index (Phi) is 4.97. The van der Waals surface area contributed by atoms with Gasteiger partial charge in [0.05, 0.1) is 11.1 Å². The second-order valence-electron chi connectivity index (χ2n) is 6.17. The number of fused-ring (bicyclic) bond motifs is 1. The van der Waals surface area contributed by atoms with Crippen LogP contribution in [0, 0.1) is 18.8 Å². The lowest BCUT2D eigenvalue weighted by atomic mass is 10.1. The molecule has 0 bridgehead atoms. The molecular formula is C19H21N5O2. The quantitative estimate of drug-likeness (QED) is 0.651. The first kappa shape index (κ1) is 17.6. The molecule has 2 N–H and O–H groups in total. The molecule has 0 fully saturated rings. The molecule has 0 aliphatic rings. The van der Waals surface area contributed by atoms with Crippen molar-refractivity contribution in [3.05, 3.63) is 58.4 Å². The van der Waals surface area contributed by atoms with Gasteiger partial charge in [0.2, 0.25) is 0 Å². The summed E-state index contributed by atoms with van der Waals surface area (Å²) in [5, 5.41) is 9.15. The molecule has 0 saturated heterocycles. The molecule has 26 heavy (non-hydrogen) atoms. The van der Waals surface area contributed by atoms with Crippen LogP contribution in [-0.2, 0) is 0 Å². The van der Waals surface area contributed by atoms with Crippen molar-refractivity contribution in [3.63, 3.8) is 0 Å². The number of nitroso groups, excluding NO2 is 1. The van der Waals surface area contributed by atoms with Gasteiger partial charge in [0.15, 0.2) is 5.82 Å². The Morgan fingerprint density at radius 3 is 2.85 bits per heavy atom. The van der Waals surface area contributed by atoms with Gasteiger partial charge in [-0.15, -0.1) is 4.91 Å². The number of hydrogen-bond acceptors (Lipinski definition) is 5. The topological polar surface area (TPSA) is 87.9 Å². The summed E-state index contributed by atoms with van der Waals surface area (Å²) >= 11 is 0. The van der Waals surface area contributed by atoms with E-state index in [1.807, 2.05) is 31.2 Å². The summed E-state index contributed by atoms with van der Waals surface area (Å²) in [6.07, 6.45) is 6.16. The molecule has 2 heterocycles. The highest BCUT2D eigenvalue weighted by atomic mass is 16.3. The third kappa shape index (κ3) is 3.28. The zero-order valence-electron chi connectivity index (χ0n) is 15.0. The van der Waals surface area contributed by atoms with Gasteiger partial charge < -0.3 is 15.0 Å². The summed E-state index contributed by atoms with van der Waals surface area (Å²) < 4.78 is 1.88. The van der Waals surface area contributed by atoms with E-state index in [-0.39, 0.29) is 5.91 Å². The number of rotatable bonds is 6. The Balaban J connectivity index is 2.03. The van der Waals surface area contributed by atoms with Crippen molar-refractivity contribution >= 4 is 28.6 Å². The minimum Gasteiger partial charge on any atom is -0.352 e. The van der Waals surface area contributed by atoms with Crippen LogP contribution in [0.25, 0.3) is 5.52 Å². The highest BCUT2D eigenvalue weighted by Crippen LogP contribution is 2.29. The normalized spacial score (nSPS) is 10.7.